The Labute approximate surface area is 151 Å². The maximum Gasteiger partial charge on any atom is 0.263 e. The average molecular weight is 384 g/mol. The highest BCUT2D eigenvalue weighted by Gasteiger charge is 2.39. The second kappa shape index (κ2) is 6.08. The van der Waals surface area contributed by atoms with Crippen molar-refractivity contribution in [2.75, 3.05) is 0 Å². The smallest absolute Gasteiger partial charge is 0.263 e. The highest BCUT2D eigenvalue weighted by molar-refractivity contribution is 7.90. The van der Waals surface area contributed by atoms with Gasteiger partial charge in [-0.1, -0.05) is 17.3 Å². The minimum absolute atomic E-state index is 0. The predicted molar refractivity (Wildman–Crippen MR) is 93.0 cm³/mol. The van der Waals surface area contributed by atoms with Crippen molar-refractivity contribution < 1.29 is 12.9 Å². The second-order valence-electron chi connectivity index (χ2n) is 6.22. The van der Waals surface area contributed by atoms with Crippen LogP contribution in [0.15, 0.2) is 38.7 Å². The number of aromatic nitrogens is 2. The number of nitrogens with one attached hydrogen (secondary N) is 1. The minimum atomic E-state index is -3.56. The fourth-order valence-corrected chi connectivity index (χ4v) is 4.11. The first-order chi connectivity index (χ1) is 11.4. The topological polar surface area (TPSA) is 123 Å². The van der Waals surface area contributed by atoms with Gasteiger partial charge in [-0.25, -0.2) is 8.42 Å². The molecule has 0 bridgehead atoms. The third-order valence-corrected chi connectivity index (χ3v) is 5.87. The molecule has 0 saturated heterocycles. The zero-order valence-corrected chi connectivity index (χ0v) is 15.1. The lowest BCUT2D eigenvalue weighted by molar-refractivity contribution is 0.228. The molecule has 0 amide bonds. The first kappa shape index (κ1) is 17.8. The molecule has 1 fully saturated rings. The normalized spacial score (nSPS) is 22.4. The molecule has 1 aromatic heterocycles. The molecular formula is C15H18ClN5O3S. The van der Waals surface area contributed by atoms with E-state index in [4.69, 9.17) is 10.3 Å². The number of amidine groups is 1. The third kappa shape index (κ3) is 2.92. The number of sulfonamides is 1. The second-order valence-corrected chi connectivity index (χ2v) is 7.87. The summed E-state index contributed by atoms with van der Waals surface area (Å²) < 4.78 is 31.9. The van der Waals surface area contributed by atoms with Crippen LogP contribution in [-0.2, 0) is 15.6 Å². The van der Waals surface area contributed by atoms with E-state index in [2.05, 4.69) is 19.9 Å². The molecule has 0 radical (unpaired) electrons. The summed E-state index contributed by atoms with van der Waals surface area (Å²) in [6.07, 6.45) is 2.72. The first-order valence-corrected chi connectivity index (χ1v) is 9.20. The van der Waals surface area contributed by atoms with Crippen molar-refractivity contribution >= 4 is 28.3 Å². The molecule has 1 aliphatic carbocycles. The van der Waals surface area contributed by atoms with Gasteiger partial charge in [0, 0.05) is 5.56 Å². The standard InChI is InChI=1S/C15H17N5O3S.ClH/c1-9(13-18-14(19-23-13)15(16)7-4-8-15)17-12-10-5-2-3-6-11(10)24(21,22)20-12;/h2-3,5-6,9H,4,7-8,16H2,1H3,(H,17,20);1H. The molecule has 134 valence electrons. The molecule has 1 aliphatic heterocycles. The SMILES string of the molecule is CC(N=C1NS(=O)(=O)c2ccccc21)c1nc(C2(N)CCC2)no1.Cl. The minimum Gasteiger partial charge on any atom is -0.337 e. The molecule has 10 heteroatoms. The van der Waals surface area contributed by atoms with E-state index in [-0.39, 0.29) is 23.1 Å². The van der Waals surface area contributed by atoms with Gasteiger partial charge in [-0.3, -0.25) is 9.71 Å². The van der Waals surface area contributed by atoms with Crippen LogP contribution >= 0.6 is 12.4 Å². The maximum absolute atomic E-state index is 12.1. The summed E-state index contributed by atoms with van der Waals surface area (Å²) in [5.41, 5.74) is 6.22. The molecule has 2 heterocycles. The molecule has 0 spiro atoms. The fourth-order valence-electron chi connectivity index (χ4n) is 2.87. The summed E-state index contributed by atoms with van der Waals surface area (Å²) in [6.45, 7) is 1.77. The Morgan fingerprint density at radius 3 is 2.76 bits per heavy atom. The highest BCUT2D eigenvalue weighted by atomic mass is 35.5. The molecule has 1 atom stereocenters. The molecule has 1 unspecified atom stereocenters. The van der Waals surface area contributed by atoms with Crippen molar-refractivity contribution in [2.45, 2.75) is 42.7 Å². The number of nitrogens with zero attached hydrogens (tertiary/aromatic N) is 3. The number of aliphatic imine (C=N–C) groups is 1. The van der Waals surface area contributed by atoms with Gasteiger partial charge in [-0.15, -0.1) is 12.4 Å². The van der Waals surface area contributed by atoms with Crippen LogP contribution in [0.4, 0.5) is 0 Å². The Balaban J connectivity index is 0.00000182. The van der Waals surface area contributed by atoms with Gasteiger partial charge in [0.1, 0.15) is 11.9 Å². The Morgan fingerprint density at radius 1 is 1.36 bits per heavy atom. The van der Waals surface area contributed by atoms with Crippen LogP contribution in [0.5, 0.6) is 0 Å². The van der Waals surface area contributed by atoms with Crippen LogP contribution < -0.4 is 10.5 Å². The molecule has 4 rings (SSSR count). The summed E-state index contributed by atoms with van der Waals surface area (Å²) in [5.74, 6) is 1.09. The summed E-state index contributed by atoms with van der Waals surface area (Å²) in [7, 11) is -3.56. The van der Waals surface area contributed by atoms with E-state index in [1.165, 1.54) is 0 Å². The van der Waals surface area contributed by atoms with E-state index in [0.717, 1.165) is 19.3 Å². The van der Waals surface area contributed by atoms with E-state index < -0.39 is 21.6 Å². The van der Waals surface area contributed by atoms with Gasteiger partial charge in [0.2, 0.25) is 0 Å². The van der Waals surface area contributed by atoms with Gasteiger partial charge >= 0.3 is 0 Å². The van der Waals surface area contributed by atoms with Crippen LogP contribution in [0.25, 0.3) is 0 Å². The number of nitrogens with two attached hydrogens (primary N) is 1. The molecule has 8 nitrogen and oxygen atoms in total. The third-order valence-electron chi connectivity index (χ3n) is 4.48. The van der Waals surface area contributed by atoms with Crippen molar-refractivity contribution in [2.24, 2.45) is 10.7 Å². The van der Waals surface area contributed by atoms with Crippen molar-refractivity contribution in [1.29, 1.82) is 0 Å². The van der Waals surface area contributed by atoms with E-state index in [9.17, 15) is 8.42 Å². The van der Waals surface area contributed by atoms with Crippen LogP contribution in [0.2, 0.25) is 0 Å². The molecule has 25 heavy (non-hydrogen) atoms. The largest absolute Gasteiger partial charge is 0.337 e. The van der Waals surface area contributed by atoms with Crippen molar-refractivity contribution in [3.63, 3.8) is 0 Å². The number of benzene rings is 1. The lowest BCUT2D eigenvalue weighted by Gasteiger charge is -2.34. The summed E-state index contributed by atoms with van der Waals surface area (Å²) in [5, 5.41) is 3.96. The Morgan fingerprint density at radius 2 is 2.08 bits per heavy atom. The summed E-state index contributed by atoms with van der Waals surface area (Å²) in [6, 6.07) is 6.21. The van der Waals surface area contributed by atoms with E-state index >= 15 is 0 Å². The number of rotatable bonds is 3. The molecule has 3 N–H and O–H groups in total. The highest BCUT2D eigenvalue weighted by Crippen LogP contribution is 2.37. The zero-order valence-electron chi connectivity index (χ0n) is 13.5. The number of hydrogen-bond donors (Lipinski definition) is 2. The number of fused-ring (bicyclic) bond motifs is 1. The maximum atomic E-state index is 12.1. The van der Waals surface area contributed by atoms with Gasteiger partial charge < -0.3 is 10.3 Å². The molecule has 2 aliphatic rings. The van der Waals surface area contributed by atoms with Crippen LogP contribution in [0, 0.1) is 0 Å². The predicted octanol–water partition coefficient (Wildman–Crippen LogP) is 1.63. The van der Waals surface area contributed by atoms with E-state index in [1.54, 1.807) is 31.2 Å². The van der Waals surface area contributed by atoms with Crippen LogP contribution in [-0.4, -0.2) is 24.4 Å². The van der Waals surface area contributed by atoms with Gasteiger partial charge in [-0.05, 0) is 38.3 Å². The van der Waals surface area contributed by atoms with E-state index in [0.29, 0.717) is 17.3 Å². The van der Waals surface area contributed by atoms with E-state index in [1.807, 2.05) is 0 Å². The lowest BCUT2D eigenvalue weighted by Crippen LogP contribution is -2.44. The first-order valence-electron chi connectivity index (χ1n) is 7.72. The Bertz CT molecular complexity index is 936. The number of hydrogen-bond acceptors (Lipinski definition) is 7. The van der Waals surface area contributed by atoms with Gasteiger partial charge in [0.25, 0.3) is 15.9 Å². The molecule has 1 aromatic carbocycles. The molecule has 1 saturated carbocycles. The van der Waals surface area contributed by atoms with Crippen LogP contribution in [0.3, 0.4) is 0 Å². The number of halogens is 1. The quantitative estimate of drug-likeness (QED) is 0.830. The van der Waals surface area contributed by atoms with Crippen molar-refractivity contribution in [3.05, 3.63) is 41.5 Å². The fraction of sp³-hybridized carbons (Fsp3) is 0.400. The molecule has 2 aromatic rings. The van der Waals surface area contributed by atoms with Crippen molar-refractivity contribution in [1.82, 2.24) is 14.9 Å². The Kier molecular flexibility index (Phi) is 4.34. The van der Waals surface area contributed by atoms with Gasteiger partial charge in [0.05, 0.1) is 10.4 Å². The van der Waals surface area contributed by atoms with Crippen LogP contribution in [0.1, 0.15) is 49.5 Å². The zero-order chi connectivity index (χ0) is 16.9. The summed E-state index contributed by atoms with van der Waals surface area (Å²) >= 11 is 0. The van der Waals surface area contributed by atoms with Gasteiger partial charge in [0.15, 0.2) is 5.82 Å². The summed E-state index contributed by atoms with van der Waals surface area (Å²) in [4.78, 5) is 8.98. The monoisotopic (exact) mass is 383 g/mol. The lowest BCUT2D eigenvalue weighted by atomic mass is 9.77. The Hall–Kier alpha value is -1.97. The van der Waals surface area contributed by atoms with Crippen molar-refractivity contribution in [3.8, 4) is 0 Å². The molecular weight excluding hydrogens is 366 g/mol. The van der Waals surface area contributed by atoms with Gasteiger partial charge in [-0.2, -0.15) is 4.98 Å². The average Bonchev–Trinajstić information content (AvgIpc) is 3.10.